The molecule has 0 saturated carbocycles. The van der Waals surface area contributed by atoms with Gasteiger partial charge < -0.3 is 5.32 Å². The van der Waals surface area contributed by atoms with Crippen LogP contribution in [0.3, 0.4) is 0 Å². The van der Waals surface area contributed by atoms with E-state index in [1.54, 1.807) is 19.1 Å². The fraction of sp³-hybridized carbons (Fsp3) is 0.143. The highest BCUT2D eigenvalue weighted by Crippen LogP contribution is 2.31. The second-order valence-corrected chi connectivity index (χ2v) is 6.13. The molecular formula is C14H12Br2N2O2. The van der Waals surface area contributed by atoms with Crippen LogP contribution in [0.15, 0.2) is 45.3 Å². The maximum Gasteiger partial charge on any atom is 0.274 e. The smallest absolute Gasteiger partial charge is 0.274 e. The summed E-state index contributed by atoms with van der Waals surface area (Å²) in [6.45, 7) is 2.32. The third-order valence-electron chi connectivity index (χ3n) is 2.85. The molecule has 0 aliphatic rings. The van der Waals surface area contributed by atoms with Gasteiger partial charge >= 0.3 is 0 Å². The van der Waals surface area contributed by atoms with Crippen LogP contribution >= 0.6 is 31.9 Å². The number of rotatable bonds is 4. The number of anilines is 1. The predicted molar refractivity (Wildman–Crippen MR) is 87.0 cm³/mol. The molecule has 20 heavy (non-hydrogen) atoms. The second kappa shape index (κ2) is 6.37. The summed E-state index contributed by atoms with van der Waals surface area (Å²) < 4.78 is 1.82. The van der Waals surface area contributed by atoms with Crippen LogP contribution in [0.25, 0.3) is 0 Å². The first-order valence-electron chi connectivity index (χ1n) is 5.90. The number of hydrogen-bond donors (Lipinski definition) is 1. The van der Waals surface area contributed by atoms with Gasteiger partial charge in [-0.1, -0.05) is 28.1 Å². The number of hydrogen-bond acceptors (Lipinski definition) is 3. The van der Waals surface area contributed by atoms with Crippen molar-refractivity contribution in [2.24, 2.45) is 0 Å². The average molecular weight is 400 g/mol. The van der Waals surface area contributed by atoms with Gasteiger partial charge in [-0.05, 0) is 46.6 Å². The van der Waals surface area contributed by atoms with Gasteiger partial charge in [0, 0.05) is 27.1 Å². The molecule has 2 rings (SSSR count). The van der Waals surface area contributed by atoms with Crippen LogP contribution < -0.4 is 5.32 Å². The Morgan fingerprint density at radius 2 is 2.00 bits per heavy atom. The zero-order chi connectivity index (χ0) is 14.7. The Morgan fingerprint density at radius 1 is 1.25 bits per heavy atom. The van der Waals surface area contributed by atoms with E-state index in [1.165, 1.54) is 0 Å². The van der Waals surface area contributed by atoms with Crippen molar-refractivity contribution in [3.8, 4) is 0 Å². The molecule has 0 aliphatic carbocycles. The van der Waals surface area contributed by atoms with E-state index < -0.39 is 0 Å². The quantitative estimate of drug-likeness (QED) is 0.578. The van der Waals surface area contributed by atoms with Crippen LogP contribution in [0.5, 0.6) is 0 Å². The molecule has 0 unspecified atom stereocenters. The largest absolute Gasteiger partial charge is 0.380 e. The topological polar surface area (TPSA) is 55.2 Å². The van der Waals surface area contributed by atoms with Gasteiger partial charge in [-0.2, -0.15) is 0 Å². The molecule has 2 aromatic carbocycles. The van der Waals surface area contributed by atoms with E-state index in [1.807, 2.05) is 24.3 Å². The number of nitro groups is 1. The minimum absolute atomic E-state index is 0.116. The molecule has 104 valence electrons. The lowest BCUT2D eigenvalue weighted by Crippen LogP contribution is -2.02. The predicted octanol–water partition coefficient (Wildman–Crippen LogP) is 5.04. The normalized spacial score (nSPS) is 10.3. The molecule has 0 radical (unpaired) electrons. The number of halogens is 2. The van der Waals surface area contributed by atoms with Crippen molar-refractivity contribution >= 4 is 43.2 Å². The maximum absolute atomic E-state index is 11.0. The Balaban J connectivity index is 2.21. The van der Waals surface area contributed by atoms with Crippen LogP contribution in [0.2, 0.25) is 0 Å². The van der Waals surface area contributed by atoms with Crippen LogP contribution in [0.1, 0.15) is 11.1 Å². The summed E-state index contributed by atoms with van der Waals surface area (Å²) in [5.41, 5.74) is 2.55. The SMILES string of the molecule is Cc1cc(Br)c(NCc2cccc(Br)c2)cc1[N+](=O)[O-]. The van der Waals surface area contributed by atoms with Crippen molar-refractivity contribution < 1.29 is 4.92 Å². The standard InChI is InChI=1S/C14H12Br2N2O2/c1-9-5-12(16)13(7-14(9)18(19)20)17-8-10-3-2-4-11(15)6-10/h2-7,17H,8H2,1H3. The second-order valence-electron chi connectivity index (χ2n) is 4.36. The fourth-order valence-corrected chi connectivity index (χ4v) is 2.88. The highest BCUT2D eigenvalue weighted by Gasteiger charge is 2.14. The Morgan fingerprint density at radius 3 is 2.65 bits per heavy atom. The number of nitrogens with one attached hydrogen (secondary N) is 1. The number of nitrogens with zero attached hydrogens (tertiary/aromatic N) is 1. The van der Waals surface area contributed by atoms with Crippen LogP contribution in [-0.4, -0.2) is 4.92 Å². The summed E-state index contributed by atoms with van der Waals surface area (Å²) in [6, 6.07) is 11.2. The number of aryl methyl sites for hydroxylation is 1. The minimum Gasteiger partial charge on any atom is -0.380 e. The Labute approximate surface area is 133 Å². The van der Waals surface area contributed by atoms with Gasteiger partial charge in [-0.3, -0.25) is 10.1 Å². The molecule has 0 aromatic heterocycles. The van der Waals surface area contributed by atoms with Gasteiger partial charge in [0.25, 0.3) is 5.69 Å². The van der Waals surface area contributed by atoms with Crippen molar-refractivity contribution in [2.75, 3.05) is 5.32 Å². The third-order valence-corrected chi connectivity index (χ3v) is 4.00. The van der Waals surface area contributed by atoms with Crippen LogP contribution in [0.4, 0.5) is 11.4 Å². The zero-order valence-electron chi connectivity index (χ0n) is 10.7. The number of benzene rings is 2. The van der Waals surface area contributed by atoms with E-state index in [9.17, 15) is 10.1 Å². The van der Waals surface area contributed by atoms with Crippen molar-refractivity contribution in [1.29, 1.82) is 0 Å². The molecule has 0 bridgehead atoms. The van der Waals surface area contributed by atoms with E-state index >= 15 is 0 Å². The molecule has 6 heteroatoms. The highest BCUT2D eigenvalue weighted by atomic mass is 79.9. The molecule has 0 aliphatic heterocycles. The maximum atomic E-state index is 11.0. The average Bonchev–Trinajstić information content (AvgIpc) is 2.37. The first-order chi connectivity index (χ1) is 9.47. The number of nitro benzene ring substituents is 1. The first-order valence-corrected chi connectivity index (χ1v) is 7.49. The summed E-state index contributed by atoms with van der Waals surface area (Å²) in [6.07, 6.45) is 0. The Bertz CT molecular complexity index is 660. The van der Waals surface area contributed by atoms with E-state index in [-0.39, 0.29) is 10.6 Å². The molecule has 0 atom stereocenters. The molecule has 2 aromatic rings. The van der Waals surface area contributed by atoms with Crippen LogP contribution in [-0.2, 0) is 6.54 Å². The van der Waals surface area contributed by atoms with Gasteiger partial charge in [0.1, 0.15) is 0 Å². The van der Waals surface area contributed by atoms with Crippen molar-refractivity contribution in [3.63, 3.8) is 0 Å². The molecular weight excluding hydrogens is 388 g/mol. The summed E-state index contributed by atoms with van der Waals surface area (Å²) >= 11 is 6.84. The van der Waals surface area contributed by atoms with Gasteiger partial charge in [0.2, 0.25) is 0 Å². The molecule has 0 fully saturated rings. The highest BCUT2D eigenvalue weighted by molar-refractivity contribution is 9.10. The molecule has 0 spiro atoms. The summed E-state index contributed by atoms with van der Waals surface area (Å²) in [7, 11) is 0. The van der Waals surface area contributed by atoms with E-state index in [4.69, 9.17) is 0 Å². The van der Waals surface area contributed by atoms with E-state index in [0.717, 1.165) is 14.5 Å². The zero-order valence-corrected chi connectivity index (χ0v) is 13.9. The molecule has 0 heterocycles. The molecule has 4 nitrogen and oxygen atoms in total. The Hall–Kier alpha value is -1.40. The summed E-state index contributed by atoms with van der Waals surface area (Å²) in [5, 5.41) is 14.2. The van der Waals surface area contributed by atoms with Gasteiger partial charge in [0.15, 0.2) is 0 Å². The molecule has 1 N–H and O–H groups in total. The first kappa shape index (κ1) is 15.0. The lowest BCUT2D eigenvalue weighted by Gasteiger charge is -2.10. The summed E-state index contributed by atoms with van der Waals surface area (Å²) in [5.74, 6) is 0. The lowest BCUT2D eigenvalue weighted by atomic mass is 10.1. The van der Waals surface area contributed by atoms with E-state index in [2.05, 4.69) is 37.2 Å². The molecule has 0 saturated heterocycles. The third kappa shape index (κ3) is 3.58. The monoisotopic (exact) mass is 398 g/mol. The fourth-order valence-electron chi connectivity index (χ4n) is 1.84. The lowest BCUT2D eigenvalue weighted by molar-refractivity contribution is -0.385. The van der Waals surface area contributed by atoms with Crippen LogP contribution in [0, 0.1) is 17.0 Å². The Kier molecular flexibility index (Phi) is 4.77. The molecule has 0 amide bonds. The minimum atomic E-state index is -0.369. The van der Waals surface area contributed by atoms with E-state index in [0.29, 0.717) is 17.8 Å². The van der Waals surface area contributed by atoms with Gasteiger partial charge in [-0.25, -0.2) is 0 Å². The van der Waals surface area contributed by atoms with Crippen molar-refractivity contribution in [3.05, 3.63) is 66.6 Å². The van der Waals surface area contributed by atoms with Crippen molar-refractivity contribution in [1.82, 2.24) is 0 Å². The van der Waals surface area contributed by atoms with Crippen molar-refractivity contribution in [2.45, 2.75) is 13.5 Å². The van der Waals surface area contributed by atoms with Gasteiger partial charge in [-0.15, -0.1) is 0 Å². The summed E-state index contributed by atoms with van der Waals surface area (Å²) in [4.78, 5) is 10.6. The van der Waals surface area contributed by atoms with Gasteiger partial charge in [0.05, 0.1) is 10.6 Å².